The van der Waals surface area contributed by atoms with E-state index in [2.05, 4.69) is 19.6 Å². The van der Waals surface area contributed by atoms with Crippen LogP contribution in [0, 0.1) is 5.92 Å². The molecule has 0 aliphatic carbocycles. The van der Waals surface area contributed by atoms with Crippen LogP contribution in [0.15, 0.2) is 12.7 Å². The second-order valence-corrected chi connectivity index (χ2v) is 4.60. The van der Waals surface area contributed by atoms with E-state index in [4.69, 9.17) is 0 Å². The summed E-state index contributed by atoms with van der Waals surface area (Å²) in [5.74, 6) is 0.831. The van der Waals surface area contributed by atoms with Gasteiger partial charge in [0.15, 0.2) is 0 Å². The zero-order valence-corrected chi connectivity index (χ0v) is 7.06. The van der Waals surface area contributed by atoms with Crippen LogP contribution in [0.3, 0.4) is 0 Å². The molecule has 0 amide bonds. The summed E-state index contributed by atoms with van der Waals surface area (Å²) in [6.45, 7) is 6.19. The van der Waals surface area contributed by atoms with Gasteiger partial charge in [0, 0.05) is 0 Å². The predicted molar refractivity (Wildman–Crippen MR) is 45.6 cm³/mol. The summed E-state index contributed by atoms with van der Waals surface area (Å²) in [7, 11) is 1.19. The molecule has 0 nitrogen and oxygen atoms in total. The molecule has 1 aliphatic heterocycles. The van der Waals surface area contributed by atoms with Crippen LogP contribution in [0.5, 0.6) is 0 Å². The van der Waals surface area contributed by atoms with Crippen molar-refractivity contribution in [2.45, 2.75) is 25.4 Å². The zero-order valence-electron chi connectivity index (χ0n) is 6.06. The molecule has 1 heterocycles. The molecule has 1 rings (SSSR count). The molecule has 1 heteroatoms. The Bertz CT molecular complexity index is 98.7. The summed E-state index contributed by atoms with van der Waals surface area (Å²) in [4.78, 5) is 0. The molecule has 52 valence electrons. The lowest BCUT2D eigenvalue weighted by Gasteiger charge is -2.25. The normalized spacial score (nSPS) is 38.8. The average Bonchev–Trinajstić information content (AvgIpc) is 1.89. The Morgan fingerprint density at radius 1 is 1.67 bits per heavy atom. The van der Waals surface area contributed by atoms with E-state index in [9.17, 15) is 0 Å². The standard InChI is InChI=1S/C8H15P/c1-3-8-5-4-6-9-7(8)2/h3,7-9H,1,4-6H2,2H3. The second-order valence-electron chi connectivity index (χ2n) is 2.78. The Balaban J connectivity index is 2.38. The lowest BCUT2D eigenvalue weighted by molar-refractivity contribution is 0.555. The van der Waals surface area contributed by atoms with Crippen molar-refractivity contribution in [1.29, 1.82) is 0 Å². The fraction of sp³-hybridized carbons (Fsp3) is 0.750. The second kappa shape index (κ2) is 3.37. The number of rotatable bonds is 1. The van der Waals surface area contributed by atoms with Crippen LogP contribution < -0.4 is 0 Å². The molecule has 1 fully saturated rings. The lowest BCUT2D eigenvalue weighted by atomic mass is 10.0. The number of allylic oxidation sites excluding steroid dienone is 1. The minimum Gasteiger partial charge on any atom is -0.119 e. The molecule has 0 spiro atoms. The van der Waals surface area contributed by atoms with Crippen LogP contribution in [0.1, 0.15) is 19.8 Å². The van der Waals surface area contributed by atoms with Crippen LogP contribution in [0.4, 0.5) is 0 Å². The minimum absolute atomic E-state index is 0.831. The van der Waals surface area contributed by atoms with E-state index in [0.29, 0.717) is 0 Å². The SMILES string of the molecule is C=CC1CCCPC1C. The molecular formula is C8H15P. The Hall–Kier alpha value is 0.170. The van der Waals surface area contributed by atoms with Gasteiger partial charge in [-0.15, -0.1) is 15.2 Å². The van der Waals surface area contributed by atoms with Crippen molar-refractivity contribution in [2.24, 2.45) is 5.92 Å². The molecule has 0 aromatic rings. The van der Waals surface area contributed by atoms with Gasteiger partial charge in [-0.25, -0.2) is 0 Å². The van der Waals surface area contributed by atoms with Gasteiger partial charge in [-0.3, -0.25) is 0 Å². The predicted octanol–water partition coefficient (Wildman–Crippen LogP) is 2.65. The van der Waals surface area contributed by atoms with Crippen LogP contribution >= 0.6 is 8.58 Å². The topological polar surface area (TPSA) is 0 Å². The number of hydrogen-bond donors (Lipinski definition) is 0. The Labute approximate surface area is 59.5 Å². The highest BCUT2D eigenvalue weighted by molar-refractivity contribution is 7.38. The highest BCUT2D eigenvalue weighted by Gasteiger charge is 2.17. The summed E-state index contributed by atoms with van der Waals surface area (Å²) < 4.78 is 0. The van der Waals surface area contributed by atoms with Crippen LogP contribution in [-0.4, -0.2) is 11.8 Å². The fourth-order valence-corrected chi connectivity index (χ4v) is 2.86. The molecule has 3 unspecified atom stereocenters. The fourth-order valence-electron chi connectivity index (χ4n) is 1.39. The van der Waals surface area contributed by atoms with Gasteiger partial charge in [-0.2, -0.15) is 0 Å². The first-order valence-electron chi connectivity index (χ1n) is 3.70. The monoisotopic (exact) mass is 142 g/mol. The van der Waals surface area contributed by atoms with E-state index in [0.717, 1.165) is 11.6 Å². The molecule has 9 heavy (non-hydrogen) atoms. The third kappa shape index (κ3) is 1.79. The molecule has 0 N–H and O–H groups in total. The molecular weight excluding hydrogens is 127 g/mol. The van der Waals surface area contributed by atoms with E-state index in [1.54, 1.807) is 0 Å². The molecule has 3 atom stereocenters. The van der Waals surface area contributed by atoms with Gasteiger partial charge >= 0.3 is 0 Å². The lowest BCUT2D eigenvalue weighted by Crippen LogP contribution is -2.15. The van der Waals surface area contributed by atoms with Gasteiger partial charge in [0.25, 0.3) is 0 Å². The quantitative estimate of drug-likeness (QED) is 0.390. The van der Waals surface area contributed by atoms with Crippen molar-refractivity contribution in [2.75, 3.05) is 6.16 Å². The molecule has 1 aliphatic rings. The van der Waals surface area contributed by atoms with Gasteiger partial charge < -0.3 is 0 Å². The van der Waals surface area contributed by atoms with Crippen molar-refractivity contribution in [1.82, 2.24) is 0 Å². The van der Waals surface area contributed by atoms with Gasteiger partial charge in [0.05, 0.1) is 0 Å². The van der Waals surface area contributed by atoms with Crippen LogP contribution in [-0.2, 0) is 0 Å². The van der Waals surface area contributed by atoms with E-state index in [1.165, 1.54) is 27.6 Å². The van der Waals surface area contributed by atoms with Crippen LogP contribution in [0.25, 0.3) is 0 Å². The molecule has 0 saturated carbocycles. The Morgan fingerprint density at radius 2 is 2.44 bits per heavy atom. The van der Waals surface area contributed by atoms with E-state index in [1.807, 2.05) is 0 Å². The Kier molecular flexibility index (Phi) is 2.72. The first-order valence-corrected chi connectivity index (χ1v) is 4.99. The van der Waals surface area contributed by atoms with Gasteiger partial charge in [0.1, 0.15) is 0 Å². The van der Waals surface area contributed by atoms with Crippen molar-refractivity contribution < 1.29 is 0 Å². The van der Waals surface area contributed by atoms with E-state index in [-0.39, 0.29) is 0 Å². The third-order valence-electron chi connectivity index (χ3n) is 2.13. The summed E-state index contributed by atoms with van der Waals surface area (Å²) in [5, 5.41) is 0. The van der Waals surface area contributed by atoms with E-state index >= 15 is 0 Å². The number of hydrogen-bond acceptors (Lipinski definition) is 0. The molecule has 0 radical (unpaired) electrons. The largest absolute Gasteiger partial charge is 0.119 e. The van der Waals surface area contributed by atoms with Gasteiger partial charge in [-0.1, -0.05) is 13.0 Å². The maximum absolute atomic E-state index is 3.84. The minimum atomic E-state index is 0.831. The maximum Gasteiger partial charge on any atom is -0.0173 e. The molecule has 1 saturated heterocycles. The zero-order chi connectivity index (χ0) is 6.69. The molecule has 0 bridgehead atoms. The van der Waals surface area contributed by atoms with Crippen molar-refractivity contribution in [3.8, 4) is 0 Å². The first-order chi connectivity index (χ1) is 4.34. The van der Waals surface area contributed by atoms with Crippen molar-refractivity contribution in [3.63, 3.8) is 0 Å². The molecule has 0 aromatic carbocycles. The first kappa shape index (κ1) is 7.28. The van der Waals surface area contributed by atoms with Gasteiger partial charge in [0.2, 0.25) is 0 Å². The van der Waals surface area contributed by atoms with Crippen molar-refractivity contribution >= 4 is 8.58 Å². The smallest absolute Gasteiger partial charge is 0.0173 e. The van der Waals surface area contributed by atoms with E-state index < -0.39 is 0 Å². The highest BCUT2D eigenvalue weighted by Crippen LogP contribution is 2.35. The van der Waals surface area contributed by atoms with Crippen molar-refractivity contribution in [3.05, 3.63) is 12.7 Å². The van der Waals surface area contributed by atoms with Gasteiger partial charge in [-0.05, 0) is 30.6 Å². The summed E-state index contributed by atoms with van der Waals surface area (Å²) in [6.07, 6.45) is 6.42. The summed E-state index contributed by atoms with van der Waals surface area (Å²) in [5.41, 5.74) is 0.927. The Morgan fingerprint density at radius 3 is 2.89 bits per heavy atom. The van der Waals surface area contributed by atoms with Crippen LogP contribution in [0.2, 0.25) is 0 Å². The summed E-state index contributed by atoms with van der Waals surface area (Å²) >= 11 is 0. The maximum atomic E-state index is 3.84. The molecule has 0 aromatic heterocycles. The average molecular weight is 142 g/mol. The third-order valence-corrected chi connectivity index (χ3v) is 3.84. The highest BCUT2D eigenvalue weighted by atomic mass is 31.1. The summed E-state index contributed by atoms with van der Waals surface area (Å²) in [6, 6.07) is 0.